The number of hydrogen-bond acceptors (Lipinski definition) is 3. The molecule has 0 aliphatic rings. The molecule has 86 valence electrons. The molecule has 1 heterocycles. The van der Waals surface area contributed by atoms with Crippen molar-refractivity contribution in [2.75, 3.05) is 13.6 Å². The van der Waals surface area contributed by atoms with Crippen molar-refractivity contribution in [1.29, 1.82) is 0 Å². The Morgan fingerprint density at radius 2 is 2.25 bits per heavy atom. The number of rotatable bonds is 4. The van der Waals surface area contributed by atoms with Crippen LogP contribution in [0.5, 0.6) is 0 Å². The maximum absolute atomic E-state index is 11.6. The third-order valence-corrected chi connectivity index (χ3v) is 2.53. The highest BCUT2D eigenvalue weighted by molar-refractivity contribution is 9.10. The first-order valence-electron chi connectivity index (χ1n) is 4.74. The lowest BCUT2D eigenvalue weighted by Gasteiger charge is -2.05. The number of halogens is 1. The Kier molecular flexibility index (Phi) is 4.91. The first kappa shape index (κ1) is 12.6. The van der Waals surface area contributed by atoms with E-state index in [0.29, 0.717) is 16.7 Å². The molecule has 2 amide bonds. The standard InChI is InChI=1S/C10H12BrN3O2/c1-12-8(15)4-6-14-10(16)9-7(11)3-2-5-13-9/h2-3,5H,4,6H2,1H3,(H,12,15)(H,14,16). The van der Waals surface area contributed by atoms with Crippen LogP contribution in [0.15, 0.2) is 22.8 Å². The van der Waals surface area contributed by atoms with Crippen molar-refractivity contribution in [2.24, 2.45) is 0 Å². The molecule has 0 aromatic carbocycles. The van der Waals surface area contributed by atoms with Gasteiger partial charge in [0.1, 0.15) is 5.69 Å². The Hall–Kier alpha value is -1.43. The minimum absolute atomic E-state index is 0.111. The molecule has 0 aliphatic carbocycles. The van der Waals surface area contributed by atoms with Gasteiger partial charge in [-0.05, 0) is 28.1 Å². The third-order valence-electron chi connectivity index (χ3n) is 1.89. The van der Waals surface area contributed by atoms with Crippen molar-refractivity contribution < 1.29 is 9.59 Å². The summed E-state index contributed by atoms with van der Waals surface area (Å²) in [5, 5.41) is 5.09. The van der Waals surface area contributed by atoms with E-state index in [1.165, 1.54) is 0 Å². The molecule has 0 fully saturated rings. The van der Waals surface area contributed by atoms with E-state index < -0.39 is 0 Å². The predicted molar refractivity (Wildman–Crippen MR) is 63.0 cm³/mol. The molecule has 0 bridgehead atoms. The maximum atomic E-state index is 11.6. The van der Waals surface area contributed by atoms with Crippen LogP contribution in [0, 0.1) is 0 Å². The van der Waals surface area contributed by atoms with E-state index in [-0.39, 0.29) is 18.2 Å². The number of pyridine rings is 1. The molecule has 1 aromatic rings. The third kappa shape index (κ3) is 3.62. The summed E-state index contributed by atoms with van der Waals surface area (Å²) in [7, 11) is 1.56. The van der Waals surface area contributed by atoms with Gasteiger partial charge in [0.2, 0.25) is 5.91 Å². The maximum Gasteiger partial charge on any atom is 0.271 e. The number of nitrogens with zero attached hydrogens (tertiary/aromatic N) is 1. The van der Waals surface area contributed by atoms with Gasteiger partial charge >= 0.3 is 0 Å². The van der Waals surface area contributed by atoms with Crippen LogP contribution in [-0.4, -0.2) is 30.4 Å². The number of aromatic nitrogens is 1. The summed E-state index contributed by atoms with van der Waals surface area (Å²) in [5.41, 5.74) is 0.319. The number of carbonyl (C=O) groups excluding carboxylic acids is 2. The van der Waals surface area contributed by atoms with E-state index in [1.54, 1.807) is 25.4 Å². The van der Waals surface area contributed by atoms with E-state index in [4.69, 9.17) is 0 Å². The summed E-state index contributed by atoms with van der Waals surface area (Å²) in [6.45, 7) is 0.293. The average molecular weight is 286 g/mol. The molecule has 1 aromatic heterocycles. The summed E-state index contributed by atoms with van der Waals surface area (Å²) >= 11 is 3.23. The van der Waals surface area contributed by atoms with Crippen molar-refractivity contribution in [1.82, 2.24) is 15.6 Å². The number of hydrogen-bond donors (Lipinski definition) is 2. The molecule has 6 heteroatoms. The van der Waals surface area contributed by atoms with Crippen LogP contribution < -0.4 is 10.6 Å². The van der Waals surface area contributed by atoms with Gasteiger partial charge in [-0.1, -0.05) is 0 Å². The summed E-state index contributed by atoms with van der Waals surface area (Å²) in [5.74, 6) is -0.406. The van der Waals surface area contributed by atoms with Crippen molar-refractivity contribution in [3.05, 3.63) is 28.5 Å². The topological polar surface area (TPSA) is 71.1 Å². The molecule has 0 saturated carbocycles. The van der Waals surface area contributed by atoms with Crippen molar-refractivity contribution >= 4 is 27.7 Å². The zero-order valence-corrected chi connectivity index (χ0v) is 10.4. The average Bonchev–Trinajstić information content (AvgIpc) is 2.29. The largest absolute Gasteiger partial charge is 0.359 e. The van der Waals surface area contributed by atoms with Gasteiger partial charge in [-0.3, -0.25) is 9.59 Å². The highest BCUT2D eigenvalue weighted by atomic mass is 79.9. The normalized spacial score (nSPS) is 9.62. The number of amides is 2. The minimum Gasteiger partial charge on any atom is -0.359 e. The first-order chi connectivity index (χ1) is 7.65. The molecule has 0 unspecified atom stereocenters. The van der Waals surface area contributed by atoms with Crippen LogP contribution in [0.3, 0.4) is 0 Å². The molecule has 5 nitrogen and oxygen atoms in total. The van der Waals surface area contributed by atoms with Crippen LogP contribution in [0.2, 0.25) is 0 Å². The second-order valence-corrected chi connectivity index (χ2v) is 3.87. The summed E-state index contributed by atoms with van der Waals surface area (Å²) < 4.78 is 0.632. The Morgan fingerprint density at radius 1 is 1.50 bits per heavy atom. The Labute approximate surface area is 102 Å². The highest BCUT2D eigenvalue weighted by Gasteiger charge is 2.10. The van der Waals surface area contributed by atoms with Gasteiger partial charge in [-0.25, -0.2) is 4.98 Å². The SMILES string of the molecule is CNC(=O)CCNC(=O)c1ncccc1Br. The van der Waals surface area contributed by atoms with Crippen LogP contribution in [-0.2, 0) is 4.79 Å². The molecule has 0 radical (unpaired) electrons. The number of carbonyl (C=O) groups is 2. The summed E-state index contributed by atoms with van der Waals surface area (Å²) in [4.78, 5) is 26.4. The van der Waals surface area contributed by atoms with E-state index in [1.807, 2.05) is 0 Å². The molecule has 1 rings (SSSR count). The van der Waals surface area contributed by atoms with Gasteiger partial charge in [-0.2, -0.15) is 0 Å². The lowest BCUT2D eigenvalue weighted by atomic mass is 10.3. The van der Waals surface area contributed by atoms with Gasteiger partial charge in [0.15, 0.2) is 0 Å². The van der Waals surface area contributed by atoms with Crippen LogP contribution in [0.1, 0.15) is 16.9 Å². The fourth-order valence-electron chi connectivity index (χ4n) is 1.05. The molecule has 2 N–H and O–H groups in total. The van der Waals surface area contributed by atoms with Crippen molar-refractivity contribution in [3.8, 4) is 0 Å². The van der Waals surface area contributed by atoms with Gasteiger partial charge < -0.3 is 10.6 Å². The Balaban J connectivity index is 2.47. The molecule has 0 aliphatic heterocycles. The highest BCUT2D eigenvalue weighted by Crippen LogP contribution is 2.12. The van der Waals surface area contributed by atoms with Crippen molar-refractivity contribution in [3.63, 3.8) is 0 Å². The minimum atomic E-state index is -0.295. The van der Waals surface area contributed by atoms with E-state index in [9.17, 15) is 9.59 Å². The predicted octanol–water partition coefficient (Wildman–Crippen LogP) is 0.710. The smallest absolute Gasteiger partial charge is 0.271 e. The Bertz CT molecular complexity index is 395. The van der Waals surface area contributed by atoms with E-state index >= 15 is 0 Å². The summed E-state index contributed by atoms with van der Waals surface area (Å²) in [6.07, 6.45) is 1.80. The van der Waals surface area contributed by atoms with Gasteiger partial charge in [-0.15, -0.1) is 0 Å². The molecule has 0 saturated heterocycles. The zero-order valence-electron chi connectivity index (χ0n) is 8.79. The monoisotopic (exact) mass is 285 g/mol. The molecular formula is C10H12BrN3O2. The lowest BCUT2D eigenvalue weighted by molar-refractivity contribution is -0.120. The first-order valence-corrected chi connectivity index (χ1v) is 5.53. The second-order valence-electron chi connectivity index (χ2n) is 3.01. The van der Waals surface area contributed by atoms with Crippen LogP contribution in [0.4, 0.5) is 0 Å². The zero-order chi connectivity index (χ0) is 12.0. The van der Waals surface area contributed by atoms with Gasteiger partial charge in [0.05, 0.1) is 0 Å². The van der Waals surface area contributed by atoms with Crippen LogP contribution in [0.25, 0.3) is 0 Å². The van der Waals surface area contributed by atoms with Crippen LogP contribution >= 0.6 is 15.9 Å². The second kappa shape index (κ2) is 6.22. The molecule has 0 spiro atoms. The van der Waals surface area contributed by atoms with Crippen molar-refractivity contribution in [2.45, 2.75) is 6.42 Å². The van der Waals surface area contributed by atoms with Gasteiger partial charge in [0.25, 0.3) is 5.91 Å². The quantitative estimate of drug-likeness (QED) is 0.856. The lowest BCUT2D eigenvalue weighted by Crippen LogP contribution is -2.29. The fraction of sp³-hybridized carbons (Fsp3) is 0.300. The molecule has 16 heavy (non-hydrogen) atoms. The molecule has 0 atom stereocenters. The number of nitrogens with one attached hydrogen (secondary N) is 2. The summed E-state index contributed by atoms with van der Waals surface area (Å²) in [6, 6.07) is 3.46. The molecular weight excluding hydrogens is 274 g/mol. The Morgan fingerprint density at radius 3 is 2.88 bits per heavy atom. The van der Waals surface area contributed by atoms with Gasteiger partial charge in [0, 0.05) is 30.7 Å². The van der Waals surface area contributed by atoms with E-state index in [2.05, 4.69) is 31.5 Å². The fourth-order valence-corrected chi connectivity index (χ4v) is 1.49. The van der Waals surface area contributed by atoms with E-state index in [0.717, 1.165) is 0 Å².